The van der Waals surface area contributed by atoms with Gasteiger partial charge in [0.25, 0.3) is 0 Å². The van der Waals surface area contributed by atoms with Crippen LogP contribution in [-0.2, 0) is 6.42 Å². The van der Waals surface area contributed by atoms with Gasteiger partial charge in [0.2, 0.25) is 5.88 Å². The summed E-state index contributed by atoms with van der Waals surface area (Å²) in [5, 5.41) is 0.0681. The quantitative estimate of drug-likeness (QED) is 0.723. The molecule has 1 atom stereocenters. The van der Waals surface area contributed by atoms with Gasteiger partial charge in [-0.05, 0) is 20.8 Å². The van der Waals surface area contributed by atoms with Crippen LogP contribution in [0, 0.1) is 0 Å². The van der Waals surface area contributed by atoms with Crippen LogP contribution < -0.4 is 4.74 Å². The molecule has 14 heavy (non-hydrogen) atoms. The van der Waals surface area contributed by atoms with Gasteiger partial charge in [-0.25, -0.2) is 4.98 Å². The zero-order valence-corrected chi connectivity index (χ0v) is 9.45. The van der Waals surface area contributed by atoms with Crippen molar-refractivity contribution in [1.29, 1.82) is 0 Å². The molecule has 3 nitrogen and oxygen atoms in total. The van der Waals surface area contributed by atoms with Crippen LogP contribution in [0.2, 0.25) is 0 Å². The lowest BCUT2D eigenvalue weighted by Gasteiger charge is -2.09. The molecule has 0 radical (unpaired) electrons. The lowest BCUT2D eigenvalue weighted by atomic mass is 10.2. The van der Waals surface area contributed by atoms with Gasteiger partial charge in [0.05, 0.1) is 18.0 Å². The first-order chi connectivity index (χ1) is 6.58. The first-order valence-electron chi connectivity index (χ1n) is 4.69. The molecule has 0 spiro atoms. The van der Waals surface area contributed by atoms with Crippen molar-refractivity contribution >= 4 is 11.6 Å². The monoisotopic (exact) mass is 214 g/mol. The summed E-state index contributed by atoms with van der Waals surface area (Å²) < 4.78 is 5.42. The molecular weight excluding hydrogens is 200 g/mol. The van der Waals surface area contributed by atoms with Gasteiger partial charge >= 0.3 is 0 Å². The highest BCUT2D eigenvalue weighted by atomic mass is 35.5. The highest BCUT2D eigenvalue weighted by Crippen LogP contribution is 2.10. The summed E-state index contributed by atoms with van der Waals surface area (Å²) in [6, 6.07) is 0. The predicted octanol–water partition coefficient (Wildman–Crippen LogP) is 2.43. The van der Waals surface area contributed by atoms with Crippen LogP contribution in [0.25, 0.3) is 0 Å². The lowest BCUT2D eigenvalue weighted by Crippen LogP contribution is -2.09. The standard InChI is InChI=1S/C10H15ClN2O/c1-7(2)14-10-6-12-5-9(13-10)4-8(3)11/h5-8H,4H2,1-3H3. The lowest BCUT2D eigenvalue weighted by molar-refractivity contribution is 0.231. The number of hydrogen-bond acceptors (Lipinski definition) is 3. The Morgan fingerprint density at radius 2 is 2.07 bits per heavy atom. The van der Waals surface area contributed by atoms with Crippen molar-refractivity contribution in [2.45, 2.75) is 38.7 Å². The third kappa shape index (κ3) is 3.92. The second-order valence-corrected chi connectivity index (χ2v) is 4.25. The summed E-state index contributed by atoms with van der Waals surface area (Å²) in [4.78, 5) is 8.33. The Hall–Kier alpha value is -0.830. The average molecular weight is 215 g/mol. The van der Waals surface area contributed by atoms with E-state index in [9.17, 15) is 0 Å². The van der Waals surface area contributed by atoms with Crippen LogP contribution in [0.3, 0.4) is 0 Å². The summed E-state index contributed by atoms with van der Waals surface area (Å²) in [6.07, 6.45) is 4.16. The van der Waals surface area contributed by atoms with Crippen molar-refractivity contribution in [2.75, 3.05) is 0 Å². The molecule has 0 N–H and O–H groups in total. The zero-order valence-electron chi connectivity index (χ0n) is 8.70. The molecule has 0 aliphatic carbocycles. The highest BCUT2D eigenvalue weighted by molar-refractivity contribution is 6.20. The van der Waals surface area contributed by atoms with E-state index in [0.29, 0.717) is 12.3 Å². The summed E-state index contributed by atoms with van der Waals surface area (Å²) in [6.45, 7) is 5.84. The van der Waals surface area contributed by atoms with Crippen molar-refractivity contribution < 1.29 is 4.74 Å². The molecule has 0 saturated carbocycles. The molecule has 1 heterocycles. The van der Waals surface area contributed by atoms with Crippen LogP contribution in [-0.4, -0.2) is 21.4 Å². The minimum atomic E-state index is 0.0681. The van der Waals surface area contributed by atoms with E-state index in [-0.39, 0.29) is 11.5 Å². The van der Waals surface area contributed by atoms with E-state index in [4.69, 9.17) is 16.3 Å². The molecule has 78 valence electrons. The fourth-order valence-electron chi connectivity index (χ4n) is 1.07. The minimum Gasteiger partial charge on any atom is -0.474 e. The Bertz CT molecular complexity index is 264. The Kier molecular flexibility index (Phi) is 4.14. The van der Waals surface area contributed by atoms with Crippen LogP contribution in [0.5, 0.6) is 5.88 Å². The molecule has 1 aromatic heterocycles. The largest absolute Gasteiger partial charge is 0.474 e. The third-order valence-corrected chi connectivity index (χ3v) is 1.66. The van der Waals surface area contributed by atoms with Gasteiger partial charge in [-0.2, -0.15) is 0 Å². The molecule has 0 aliphatic rings. The average Bonchev–Trinajstić information content (AvgIpc) is 2.01. The zero-order chi connectivity index (χ0) is 10.6. The molecule has 0 bridgehead atoms. The molecule has 0 aromatic carbocycles. The van der Waals surface area contributed by atoms with E-state index >= 15 is 0 Å². The number of halogens is 1. The molecule has 1 rings (SSSR count). The molecule has 0 saturated heterocycles. The second kappa shape index (κ2) is 5.15. The fourth-order valence-corrected chi connectivity index (χ4v) is 1.23. The maximum atomic E-state index is 5.86. The van der Waals surface area contributed by atoms with Crippen molar-refractivity contribution in [3.05, 3.63) is 18.1 Å². The molecule has 0 aliphatic heterocycles. The van der Waals surface area contributed by atoms with E-state index in [1.165, 1.54) is 0 Å². The van der Waals surface area contributed by atoms with Crippen LogP contribution in [0.15, 0.2) is 12.4 Å². The van der Waals surface area contributed by atoms with Crippen molar-refractivity contribution in [2.24, 2.45) is 0 Å². The van der Waals surface area contributed by atoms with Gasteiger partial charge in [0.1, 0.15) is 0 Å². The Balaban J connectivity index is 2.68. The second-order valence-electron chi connectivity index (χ2n) is 3.50. The van der Waals surface area contributed by atoms with Gasteiger partial charge in [0, 0.05) is 18.0 Å². The van der Waals surface area contributed by atoms with Crippen LogP contribution in [0.4, 0.5) is 0 Å². The van der Waals surface area contributed by atoms with E-state index in [1.807, 2.05) is 20.8 Å². The highest BCUT2D eigenvalue weighted by Gasteiger charge is 2.04. The number of nitrogens with zero attached hydrogens (tertiary/aromatic N) is 2. The number of alkyl halides is 1. The molecule has 1 unspecified atom stereocenters. The number of aromatic nitrogens is 2. The number of hydrogen-bond donors (Lipinski definition) is 0. The number of rotatable bonds is 4. The molecule has 0 amide bonds. The summed E-state index contributed by atoms with van der Waals surface area (Å²) in [7, 11) is 0. The Labute approximate surface area is 89.5 Å². The van der Waals surface area contributed by atoms with Crippen molar-refractivity contribution in [1.82, 2.24) is 9.97 Å². The van der Waals surface area contributed by atoms with Gasteiger partial charge in [0.15, 0.2) is 0 Å². The third-order valence-electron chi connectivity index (χ3n) is 1.51. The molecule has 4 heteroatoms. The first-order valence-corrected chi connectivity index (χ1v) is 5.13. The maximum absolute atomic E-state index is 5.86. The SMILES string of the molecule is CC(Cl)Cc1cncc(OC(C)C)n1. The van der Waals surface area contributed by atoms with E-state index in [1.54, 1.807) is 12.4 Å². The van der Waals surface area contributed by atoms with Gasteiger partial charge < -0.3 is 4.74 Å². The Morgan fingerprint density at radius 1 is 1.36 bits per heavy atom. The minimum absolute atomic E-state index is 0.0681. The predicted molar refractivity (Wildman–Crippen MR) is 56.8 cm³/mol. The maximum Gasteiger partial charge on any atom is 0.232 e. The fraction of sp³-hybridized carbons (Fsp3) is 0.600. The topological polar surface area (TPSA) is 35.0 Å². The van der Waals surface area contributed by atoms with Crippen LogP contribution in [0.1, 0.15) is 26.5 Å². The van der Waals surface area contributed by atoms with E-state index < -0.39 is 0 Å². The molecular formula is C10H15ClN2O. The summed E-state index contributed by atoms with van der Waals surface area (Å²) in [5.74, 6) is 0.565. The molecule has 0 fully saturated rings. The number of ether oxygens (including phenoxy) is 1. The van der Waals surface area contributed by atoms with Crippen molar-refractivity contribution in [3.8, 4) is 5.88 Å². The Morgan fingerprint density at radius 3 is 2.64 bits per heavy atom. The normalized spacial score (nSPS) is 12.9. The van der Waals surface area contributed by atoms with E-state index in [0.717, 1.165) is 5.69 Å². The molecule has 1 aromatic rings. The van der Waals surface area contributed by atoms with Crippen LogP contribution >= 0.6 is 11.6 Å². The summed E-state index contributed by atoms with van der Waals surface area (Å²) >= 11 is 5.86. The first kappa shape index (κ1) is 11.2. The van der Waals surface area contributed by atoms with Gasteiger partial charge in [-0.1, -0.05) is 0 Å². The summed E-state index contributed by atoms with van der Waals surface area (Å²) in [5.41, 5.74) is 0.866. The smallest absolute Gasteiger partial charge is 0.232 e. The van der Waals surface area contributed by atoms with Crippen molar-refractivity contribution in [3.63, 3.8) is 0 Å². The van der Waals surface area contributed by atoms with Gasteiger partial charge in [-0.3, -0.25) is 4.98 Å². The van der Waals surface area contributed by atoms with Gasteiger partial charge in [-0.15, -0.1) is 11.6 Å². The van der Waals surface area contributed by atoms with E-state index in [2.05, 4.69) is 9.97 Å².